The van der Waals surface area contributed by atoms with Crippen molar-refractivity contribution in [3.8, 4) is 5.75 Å². The molecule has 0 bridgehead atoms. The van der Waals surface area contributed by atoms with Crippen molar-refractivity contribution in [2.75, 3.05) is 19.6 Å². The number of amides is 1. The Morgan fingerprint density at radius 2 is 1.79 bits per heavy atom. The number of hydrogen-bond acceptors (Lipinski definition) is 4. The van der Waals surface area contributed by atoms with Crippen molar-refractivity contribution < 1.29 is 9.53 Å². The molecule has 2 saturated heterocycles. The number of ether oxygens (including phenoxy) is 1. The summed E-state index contributed by atoms with van der Waals surface area (Å²) in [6.45, 7) is 2.31. The molecule has 1 aromatic carbocycles. The minimum Gasteiger partial charge on any atom is -0.497 e. The van der Waals surface area contributed by atoms with Crippen molar-refractivity contribution >= 4 is 29.4 Å². The molecule has 3 nitrogen and oxygen atoms in total. The third-order valence-electron chi connectivity index (χ3n) is 5.73. The molecule has 3 atom stereocenters. The van der Waals surface area contributed by atoms with Gasteiger partial charge in [-0.1, -0.05) is 19.1 Å². The molecule has 5 heteroatoms. The summed E-state index contributed by atoms with van der Waals surface area (Å²) in [5.74, 6) is 1.78. The molecule has 0 aliphatic carbocycles. The summed E-state index contributed by atoms with van der Waals surface area (Å²) in [6, 6.07) is 8.84. The highest BCUT2D eigenvalue weighted by atomic mass is 32.2. The van der Waals surface area contributed by atoms with E-state index in [0.717, 1.165) is 25.0 Å². The second-order valence-electron chi connectivity index (χ2n) is 6.82. The predicted octanol–water partition coefficient (Wildman–Crippen LogP) is 4.58. The lowest BCUT2D eigenvalue weighted by atomic mass is 9.79. The number of nitrogens with zero attached hydrogens (tertiary/aromatic N) is 1. The lowest BCUT2D eigenvalue weighted by Gasteiger charge is -2.53. The van der Waals surface area contributed by atoms with Crippen molar-refractivity contribution in [3.05, 3.63) is 29.8 Å². The summed E-state index contributed by atoms with van der Waals surface area (Å²) in [4.78, 5) is 15.7. The molecule has 3 rings (SSSR count). The van der Waals surface area contributed by atoms with E-state index in [0.29, 0.717) is 17.9 Å². The van der Waals surface area contributed by atoms with Crippen LogP contribution in [0.15, 0.2) is 24.3 Å². The van der Waals surface area contributed by atoms with Gasteiger partial charge in [-0.15, -0.1) is 23.5 Å². The van der Waals surface area contributed by atoms with Crippen LogP contribution in [0.3, 0.4) is 0 Å². The number of hydrogen-bond donors (Lipinski definition) is 0. The first-order valence-electron chi connectivity index (χ1n) is 8.63. The van der Waals surface area contributed by atoms with Gasteiger partial charge in [0.15, 0.2) is 0 Å². The van der Waals surface area contributed by atoms with E-state index >= 15 is 0 Å². The molecule has 2 aliphatic rings. The Kier molecular flexibility index (Phi) is 5.40. The fraction of sp³-hybridized carbons (Fsp3) is 0.632. The van der Waals surface area contributed by atoms with Gasteiger partial charge in [0.25, 0.3) is 0 Å². The Morgan fingerprint density at radius 3 is 2.38 bits per heavy atom. The van der Waals surface area contributed by atoms with Crippen molar-refractivity contribution in [2.24, 2.45) is 5.92 Å². The van der Waals surface area contributed by atoms with Gasteiger partial charge in [0.05, 0.1) is 13.2 Å². The molecular formula is C19H27NO2S2. The standard InChI is InChI=1S/C19H27NO2S2/c1-13-5-10-17(14-6-8-15(22-2)9-7-14)20-16(13)11-12-19(23-3,24-4)18(20)21/h6-9,13,16-17H,5,10-12H2,1-4H3/t13-,16-,17+/m1/s1. The van der Waals surface area contributed by atoms with Crippen LogP contribution in [0.25, 0.3) is 0 Å². The summed E-state index contributed by atoms with van der Waals surface area (Å²) in [6.07, 6.45) is 8.48. The third kappa shape index (κ3) is 2.94. The minimum absolute atomic E-state index is 0.198. The quantitative estimate of drug-likeness (QED) is 0.731. The number of carbonyl (C=O) groups is 1. The third-order valence-corrected chi connectivity index (χ3v) is 8.81. The smallest absolute Gasteiger partial charge is 0.249 e. The van der Waals surface area contributed by atoms with E-state index in [1.807, 2.05) is 12.1 Å². The van der Waals surface area contributed by atoms with E-state index in [-0.39, 0.29) is 10.1 Å². The zero-order chi connectivity index (χ0) is 17.3. The van der Waals surface area contributed by atoms with E-state index in [1.54, 1.807) is 30.6 Å². The summed E-state index contributed by atoms with van der Waals surface area (Å²) in [7, 11) is 1.69. The average molecular weight is 366 g/mol. The van der Waals surface area contributed by atoms with Crippen LogP contribution in [0, 0.1) is 5.92 Å². The van der Waals surface area contributed by atoms with Crippen LogP contribution in [0.5, 0.6) is 5.75 Å². The molecule has 0 saturated carbocycles. The van der Waals surface area contributed by atoms with Crippen LogP contribution >= 0.6 is 23.5 Å². The SMILES string of the molecule is COc1ccc([C@@H]2CC[C@@H](C)[C@H]3CCC(SC)(SC)C(=O)N32)cc1. The Balaban J connectivity index is 1.95. The van der Waals surface area contributed by atoms with E-state index < -0.39 is 0 Å². The van der Waals surface area contributed by atoms with Gasteiger partial charge in [0.2, 0.25) is 5.91 Å². The summed E-state index contributed by atoms with van der Waals surface area (Å²) in [5.41, 5.74) is 1.24. The molecule has 1 amide bonds. The topological polar surface area (TPSA) is 29.5 Å². The maximum absolute atomic E-state index is 13.5. The Bertz CT molecular complexity index is 586. The molecule has 2 aliphatic heterocycles. The zero-order valence-electron chi connectivity index (χ0n) is 15.0. The maximum atomic E-state index is 13.5. The molecule has 0 aromatic heterocycles. The Hall–Kier alpha value is -0.810. The lowest BCUT2D eigenvalue weighted by molar-refractivity contribution is -0.144. The Morgan fingerprint density at radius 1 is 1.12 bits per heavy atom. The monoisotopic (exact) mass is 365 g/mol. The largest absolute Gasteiger partial charge is 0.497 e. The summed E-state index contributed by atoms with van der Waals surface area (Å²) < 4.78 is 4.97. The van der Waals surface area contributed by atoms with Gasteiger partial charge in [-0.05, 0) is 61.8 Å². The van der Waals surface area contributed by atoms with Crippen LogP contribution < -0.4 is 4.74 Å². The van der Waals surface area contributed by atoms with Crippen LogP contribution in [0.1, 0.15) is 44.2 Å². The fourth-order valence-electron chi connectivity index (χ4n) is 4.23. The van der Waals surface area contributed by atoms with Crippen molar-refractivity contribution in [1.82, 2.24) is 4.90 Å². The molecule has 132 valence electrons. The lowest BCUT2D eigenvalue weighted by Crippen LogP contribution is -2.59. The number of carbonyl (C=O) groups excluding carboxylic acids is 1. The number of benzene rings is 1. The molecule has 24 heavy (non-hydrogen) atoms. The van der Waals surface area contributed by atoms with Gasteiger partial charge in [-0.25, -0.2) is 0 Å². The minimum atomic E-state index is -0.307. The van der Waals surface area contributed by atoms with Crippen molar-refractivity contribution in [2.45, 2.75) is 48.8 Å². The van der Waals surface area contributed by atoms with Gasteiger partial charge < -0.3 is 9.64 Å². The van der Waals surface area contributed by atoms with Crippen molar-refractivity contribution in [1.29, 1.82) is 0 Å². The van der Waals surface area contributed by atoms with E-state index in [1.165, 1.54) is 12.0 Å². The molecule has 1 aromatic rings. The number of piperidine rings is 2. The number of rotatable bonds is 4. The van der Waals surface area contributed by atoms with E-state index in [9.17, 15) is 4.79 Å². The average Bonchev–Trinajstić information content (AvgIpc) is 2.63. The first kappa shape index (κ1) is 18.0. The second-order valence-corrected chi connectivity index (χ2v) is 9.29. The Labute approximate surface area is 153 Å². The second kappa shape index (κ2) is 7.20. The predicted molar refractivity (Wildman–Crippen MR) is 104 cm³/mol. The van der Waals surface area contributed by atoms with E-state index in [4.69, 9.17) is 4.74 Å². The molecule has 2 fully saturated rings. The summed E-state index contributed by atoms with van der Waals surface area (Å²) in [5, 5.41) is 0. The number of thioether (sulfide) groups is 2. The molecular weight excluding hydrogens is 338 g/mol. The number of methoxy groups -OCH3 is 1. The van der Waals surface area contributed by atoms with Crippen LogP contribution in [0.2, 0.25) is 0 Å². The fourth-order valence-corrected chi connectivity index (χ4v) is 6.10. The van der Waals surface area contributed by atoms with Gasteiger partial charge in [-0.2, -0.15) is 0 Å². The molecule has 0 spiro atoms. The highest BCUT2D eigenvalue weighted by Gasteiger charge is 2.51. The molecule has 0 unspecified atom stereocenters. The highest BCUT2D eigenvalue weighted by molar-refractivity contribution is 8.18. The van der Waals surface area contributed by atoms with Crippen molar-refractivity contribution in [3.63, 3.8) is 0 Å². The summed E-state index contributed by atoms with van der Waals surface area (Å²) >= 11 is 3.43. The van der Waals surface area contributed by atoms with Gasteiger partial charge in [0.1, 0.15) is 9.83 Å². The van der Waals surface area contributed by atoms with Gasteiger partial charge in [-0.3, -0.25) is 4.79 Å². The first-order chi connectivity index (χ1) is 11.6. The normalized spacial score (nSPS) is 29.2. The van der Waals surface area contributed by atoms with E-state index in [2.05, 4.69) is 36.5 Å². The first-order valence-corrected chi connectivity index (χ1v) is 11.1. The zero-order valence-corrected chi connectivity index (χ0v) is 16.6. The van der Waals surface area contributed by atoms with Crippen LogP contribution in [-0.4, -0.2) is 40.5 Å². The highest BCUT2D eigenvalue weighted by Crippen LogP contribution is 2.50. The van der Waals surface area contributed by atoms with Gasteiger partial charge >= 0.3 is 0 Å². The molecule has 2 heterocycles. The van der Waals surface area contributed by atoms with Gasteiger partial charge in [0, 0.05) is 6.04 Å². The molecule has 0 N–H and O–H groups in total. The maximum Gasteiger partial charge on any atom is 0.249 e. The van der Waals surface area contributed by atoms with Crippen LogP contribution in [0.4, 0.5) is 0 Å². The van der Waals surface area contributed by atoms with Crippen LogP contribution in [-0.2, 0) is 4.79 Å². The number of fused-ring (bicyclic) bond motifs is 1. The molecule has 0 radical (unpaired) electrons.